The fourth-order valence-electron chi connectivity index (χ4n) is 4.41. The van der Waals surface area contributed by atoms with E-state index in [9.17, 15) is 9.59 Å². The van der Waals surface area contributed by atoms with Gasteiger partial charge < -0.3 is 15.1 Å². The van der Waals surface area contributed by atoms with E-state index in [0.29, 0.717) is 23.6 Å². The number of aromatic nitrogens is 2. The largest absolute Gasteiger partial charge is 0.344 e. The summed E-state index contributed by atoms with van der Waals surface area (Å²) < 4.78 is 1.34. The van der Waals surface area contributed by atoms with Crippen molar-refractivity contribution in [1.29, 1.82) is 0 Å². The molecular formula is C21H26ClN5O2. The second-order valence-corrected chi connectivity index (χ2v) is 8.54. The summed E-state index contributed by atoms with van der Waals surface area (Å²) in [5, 5.41) is 8.55. The molecule has 2 fully saturated rings. The summed E-state index contributed by atoms with van der Waals surface area (Å²) in [6.07, 6.45) is 5.33. The van der Waals surface area contributed by atoms with Gasteiger partial charge in [-0.25, -0.2) is 4.79 Å². The highest BCUT2D eigenvalue weighted by molar-refractivity contribution is 6.30. The maximum atomic E-state index is 12.8. The van der Waals surface area contributed by atoms with Crippen molar-refractivity contribution < 1.29 is 9.59 Å². The molecule has 2 aliphatic rings. The molecular weight excluding hydrogens is 390 g/mol. The highest BCUT2D eigenvalue weighted by Gasteiger charge is 2.42. The Labute approximate surface area is 175 Å². The summed E-state index contributed by atoms with van der Waals surface area (Å²) in [5.41, 5.74) is 1.85. The van der Waals surface area contributed by atoms with Gasteiger partial charge in [0.25, 0.3) is 0 Å². The third-order valence-corrected chi connectivity index (χ3v) is 6.41. The summed E-state index contributed by atoms with van der Waals surface area (Å²) in [5.74, 6) is 0.957. The molecule has 3 atom stereocenters. The molecule has 8 heteroatoms. The van der Waals surface area contributed by atoms with Crippen LogP contribution >= 0.6 is 11.6 Å². The number of rotatable bonds is 4. The fourth-order valence-corrected chi connectivity index (χ4v) is 4.53. The zero-order valence-corrected chi connectivity index (χ0v) is 17.5. The Bertz CT molecular complexity index is 883. The van der Waals surface area contributed by atoms with Gasteiger partial charge in [-0.15, -0.1) is 0 Å². The number of hydrogen-bond donors (Lipinski definition) is 1. The van der Waals surface area contributed by atoms with Crippen LogP contribution in [0.2, 0.25) is 5.02 Å². The predicted octanol–water partition coefficient (Wildman–Crippen LogP) is 2.99. The minimum Gasteiger partial charge on any atom is -0.322 e. The molecule has 1 saturated carbocycles. The summed E-state index contributed by atoms with van der Waals surface area (Å²) in [6, 6.07) is 8.30. The van der Waals surface area contributed by atoms with Gasteiger partial charge in [0, 0.05) is 44.7 Å². The number of carbonyl (C=O) groups is 2. The number of likely N-dealkylation sites (tertiary alicyclic amines) is 1. The van der Waals surface area contributed by atoms with E-state index in [-0.39, 0.29) is 11.9 Å². The Morgan fingerprint density at radius 3 is 2.48 bits per heavy atom. The molecule has 7 nitrogen and oxygen atoms in total. The van der Waals surface area contributed by atoms with E-state index < -0.39 is 0 Å². The molecule has 29 heavy (non-hydrogen) atoms. The third kappa shape index (κ3) is 4.31. The van der Waals surface area contributed by atoms with E-state index in [1.165, 1.54) is 22.1 Å². The van der Waals surface area contributed by atoms with E-state index in [1.54, 1.807) is 19.4 Å². The Morgan fingerprint density at radius 1 is 1.21 bits per heavy atom. The third-order valence-electron chi connectivity index (χ3n) is 6.15. The lowest BCUT2D eigenvalue weighted by Crippen LogP contribution is -2.35. The average Bonchev–Trinajstić information content (AvgIpc) is 3.41. The normalized spacial score (nSPS) is 23.3. The smallest absolute Gasteiger partial charge is 0.322 e. The SMILES string of the molecule is CC(=O)N(C)c1cnn(C(=O)N2C[C@H]3CC(NCc4ccc(Cl)cc4)C[C@H]3C2)c1. The van der Waals surface area contributed by atoms with Crippen molar-refractivity contribution in [2.24, 2.45) is 11.8 Å². The van der Waals surface area contributed by atoms with Crippen LogP contribution < -0.4 is 10.2 Å². The maximum Gasteiger partial charge on any atom is 0.344 e. The van der Waals surface area contributed by atoms with Gasteiger partial charge in [0.05, 0.1) is 18.1 Å². The molecule has 154 valence electrons. The van der Waals surface area contributed by atoms with Crippen molar-refractivity contribution in [3.8, 4) is 0 Å². The number of nitrogens with one attached hydrogen (secondary N) is 1. The second-order valence-electron chi connectivity index (χ2n) is 8.10. The number of hydrogen-bond acceptors (Lipinski definition) is 4. The molecule has 1 saturated heterocycles. The van der Waals surface area contributed by atoms with Crippen LogP contribution in [-0.4, -0.2) is 52.8 Å². The molecule has 1 unspecified atom stereocenters. The lowest BCUT2D eigenvalue weighted by atomic mass is 10.0. The average molecular weight is 416 g/mol. The van der Waals surface area contributed by atoms with Crippen LogP contribution in [0.15, 0.2) is 36.7 Å². The lowest BCUT2D eigenvalue weighted by molar-refractivity contribution is -0.116. The van der Waals surface area contributed by atoms with Gasteiger partial charge in [-0.3, -0.25) is 4.79 Å². The van der Waals surface area contributed by atoms with Gasteiger partial charge in [-0.05, 0) is 42.4 Å². The second kappa shape index (κ2) is 8.16. The minimum absolute atomic E-state index is 0.0927. The van der Waals surface area contributed by atoms with E-state index in [2.05, 4.69) is 10.4 Å². The maximum absolute atomic E-state index is 12.8. The molecule has 1 aliphatic heterocycles. The molecule has 0 radical (unpaired) electrons. The lowest BCUT2D eigenvalue weighted by Gasteiger charge is -2.19. The molecule has 0 bridgehead atoms. The molecule has 2 amide bonds. The van der Waals surface area contributed by atoms with Crippen LogP contribution in [0, 0.1) is 11.8 Å². The number of amides is 2. The molecule has 2 aromatic rings. The summed E-state index contributed by atoms with van der Waals surface area (Å²) in [6.45, 7) is 3.85. The molecule has 1 N–H and O–H groups in total. The van der Waals surface area contributed by atoms with Crippen molar-refractivity contribution in [3.63, 3.8) is 0 Å². The van der Waals surface area contributed by atoms with Crippen molar-refractivity contribution in [2.75, 3.05) is 25.0 Å². The fraction of sp³-hybridized carbons (Fsp3) is 0.476. The van der Waals surface area contributed by atoms with E-state index >= 15 is 0 Å². The van der Waals surface area contributed by atoms with Crippen LogP contribution in [0.5, 0.6) is 0 Å². The van der Waals surface area contributed by atoms with Crippen LogP contribution in [0.1, 0.15) is 25.3 Å². The number of carbonyl (C=O) groups excluding carboxylic acids is 2. The van der Waals surface area contributed by atoms with Gasteiger partial charge in [0.2, 0.25) is 5.91 Å². The monoisotopic (exact) mass is 415 g/mol. The molecule has 4 rings (SSSR count). The number of halogens is 1. The number of nitrogens with zero attached hydrogens (tertiary/aromatic N) is 4. The van der Waals surface area contributed by atoms with E-state index in [4.69, 9.17) is 11.6 Å². The van der Waals surface area contributed by atoms with Crippen LogP contribution in [0.4, 0.5) is 10.5 Å². The van der Waals surface area contributed by atoms with E-state index in [1.807, 2.05) is 29.2 Å². The first-order chi connectivity index (χ1) is 13.9. The number of anilines is 1. The van der Waals surface area contributed by atoms with Crippen LogP contribution in [0.25, 0.3) is 0 Å². The number of benzene rings is 1. The quantitative estimate of drug-likeness (QED) is 0.833. The zero-order valence-electron chi connectivity index (χ0n) is 16.7. The van der Waals surface area contributed by atoms with Gasteiger partial charge in [0.1, 0.15) is 0 Å². The van der Waals surface area contributed by atoms with Crippen molar-refractivity contribution in [2.45, 2.75) is 32.4 Å². The molecule has 2 heterocycles. The predicted molar refractivity (Wildman–Crippen MR) is 112 cm³/mol. The van der Waals surface area contributed by atoms with Crippen LogP contribution in [0.3, 0.4) is 0 Å². The molecule has 1 aliphatic carbocycles. The van der Waals surface area contributed by atoms with Gasteiger partial charge >= 0.3 is 6.03 Å². The van der Waals surface area contributed by atoms with Gasteiger partial charge in [-0.1, -0.05) is 23.7 Å². The van der Waals surface area contributed by atoms with Crippen LogP contribution in [-0.2, 0) is 11.3 Å². The summed E-state index contributed by atoms with van der Waals surface area (Å²) in [4.78, 5) is 27.6. The molecule has 0 spiro atoms. The zero-order chi connectivity index (χ0) is 20.5. The standard InChI is InChI=1S/C21H26ClN5O2/c1-14(28)25(2)20-10-24-27(13-20)21(29)26-11-16-7-19(8-17(16)12-26)23-9-15-3-5-18(22)6-4-15/h3-6,10,13,16-17,19,23H,7-9,11-12H2,1-2H3/t16-,17+,19?. The first-order valence-electron chi connectivity index (χ1n) is 9.97. The van der Waals surface area contributed by atoms with Crippen molar-refractivity contribution in [1.82, 2.24) is 20.0 Å². The van der Waals surface area contributed by atoms with Gasteiger partial charge in [-0.2, -0.15) is 9.78 Å². The Hall–Kier alpha value is -2.38. The first-order valence-corrected chi connectivity index (χ1v) is 10.3. The van der Waals surface area contributed by atoms with E-state index in [0.717, 1.165) is 37.5 Å². The highest BCUT2D eigenvalue weighted by atomic mass is 35.5. The Morgan fingerprint density at radius 2 is 1.86 bits per heavy atom. The van der Waals surface area contributed by atoms with Gasteiger partial charge in [0.15, 0.2) is 0 Å². The Balaban J connectivity index is 1.29. The Kier molecular flexibility index (Phi) is 5.61. The minimum atomic E-state index is -0.117. The number of fused-ring (bicyclic) bond motifs is 1. The highest BCUT2D eigenvalue weighted by Crippen LogP contribution is 2.38. The van der Waals surface area contributed by atoms with Crippen molar-refractivity contribution in [3.05, 3.63) is 47.2 Å². The van der Waals surface area contributed by atoms with Crippen molar-refractivity contribution >= 4 is 29.2 Å². The molecule has 1 aromatic heterocycles. The summed E-state index contributed by atoms with van der Waals surface area (Å²) in [7, 11) is 1.67. The molecule has 1 aromatic carbocycles. The topological polar surface area (TPSA) is 70.5 Å². The summed E-state index contributed by atoms with van der Waals surface area (Å²) >= 11 is 5.94. The first kappa shape index (κ1) is 19.9.